The third-order valence-electron chi connectivity index (χ3n) is 2.98. The molecule has 94 valence electrons. The molecule has 1 aromatic heterocycles. The van der Waals surface area contributed by atoms with Crippen LogP contribution in [-0.4, -0.2) is 51.2 Å². The van der Waals surface area contributed by atoms with Crippen molar-refractivity contribution in [2.24, 2.45) is 7.05 Å². The van der Waals surface area contributed by atoms with Crippen molar-refractivity contribution in [1.29, 1.82) is 0 Å². The molecule has 2 heterocycles. The van der Waals surface area contributed by atoms with Crippen LogP contribution in [0.5, 0.6) is 0 Å². The lowest BCUT2D eigenvalue weighted by molar-refractivity contribution is -0.0365. The number of morpholine rings is 1. The highest BCUT2D eigenvalue weighted by molar-refractivity contribution is 9.09. The van der Waals surface area contributed by atoms with Crippen LogP contribution in [0.4, 0.5) is 0 Å². The number of hydrogen-bond acceptors (Lipinski definition) is 3. The molecule has 2 rings (SSSR count). The van der Waals surface area contributed by atoms with Gasteiger partial charge in [0.2, 0.25) is 0 Å². The van der Waals surface area contributed by atoms with Gasteiger partial charge in [-0.15, -0.1) is 0 Å². The summed E-state index contributed by atoms with van der Waals surface area (Å²) in [6.45, 7) is 3.20. The van der Waals surface area contributed by atoms with Gasteiger partial charge in [0.05, 0.1) is 18.8 Å². The fourth-order valence-electron chi connectivity index (χ4n) is 1.92. The first-order chi connectivity index (χ1) is 8.13. The summed E-state index contributed by atoms with van der Waals surface area (Å²) in [7, 11) is 1.78. The maximum absolute atomic E-state index is 12.3. The average molecular weight is 302 g/mol. The summed E-state index contributed by atoms with van der Waals surface area (Å²) >= 11 is 3.39. The summed E-state index contributed by atoms with van der Waals surface area (Å²) in [5, 5.41) is 4.77. The SMILES string of the molecule is CC1COC(CBr)CN1C(=O)c1ccnn1C. The first-order valence-corrected chi connectivity index (χ1v) is 6.72. The number of ether oxygens (including phenoxy) is 1. The van der Waals surface area contributed by atoms with Gasteiger partial charge in [0.25, 0.3) is 5.91 Å². The summed E-state index contributed by atoms with van der Waals surface area (Å²) in [5.74, 6) is 0.0201. The highest BCUT2D eigenvalue weighted by Crippen LogP contribution is 2.16. The minimum Gasteiger partial charge on any atom is -0.373 e. The molecule has 1 saturated heterocycles. The molecule has 0 N–H and O–H groups in total. The van der Waals surface area contributed by atoms with Gasteiger partial charge in [-0.25, -0.2) is 0 Å². The molecule has 1 aliphatic rings. The van der Waals surface area contributed by atoms with Crippen molar-refractivity contribution in [2.45, 2.75) is 19.1 Å². The van der Waals surface area contributed by atoms with E-state index in [1.54, 1.807) is 24.0 Å². The van der Waals surface area contributed by atoms with Crippen LogP contribution in [0, 0.1) is 0 Å². The molecule has 0 aromatic carbocycles. The van der Waals surface area contributed by atoms with E-state index in [-0.39, 0.29) is 18.1 Å². The van der Waals surface area contributed by atoms with Crippen molar-refractivity contribution in [3.05, 3.63) is 18.0 Å². The molecular formula is C11H16BrN3O2. The standard InChI is InChI=1S/C11H16BrN3O2/c1-8-7-17-9(5-12)6-15(8)11(16)10-3-4-13-14(10)2/h3-4,8-9H,5-7H2,1-2H3. The Hall–Kier alpha value is -0.880. The van der Waals surface area contributed by atoms with E-state index in [0.717, 1.165) is 5.33 Å². The van der Waals surface area contributed by atoms with Gasteiger partial charge in [-0.3, -0.25) is 9.48 Å². The number of carbonyl (C=O) groups is 1. The van der Waals surface area contributed by atoms with Crippen molar-refractivity contribution in [3.63, 3.8) is 0 Å². The normalized spacial score (nSPS) is 25.0. The summed E-state index contributed by atoms with van der Waals surface area (Å²) in [6.07, 6.45) is 1.71. The minimum atomic E-state index is 0.0201. The Morgan fingerprint density at radius 3 is 3.06 bits per heavy atom. The van der Waals surface area contributed by atoms with E-state index < -0.39 is 0 Å². The number of amides is 1. The average Bonchev–Trinajstić information content (AvgIpc) is 2.75. The van der Waals surface area contributed by atoms with Gasteiger partial charge < -0.3 is 9.64 Å². The molecular weight excluding hydrogens is 286 g/mol. The maximum atomic E-state index is 12.3. The second-order valence-electron chi connectivity index (χ2n) is 4.26. The number of halogens is 1. The fraction of sp³-hybridized carbons (Fsp3) is 0.636. The van der Waals surface area contributed by atoms with Crippen molar-refractivity contribution in [2.75, 3.05) is 18.5 Å². The largest absolute Gasteiger partial charge is 0.373 e. The highest BCUT2D eigenvalue weighted by Gasteiger charge is 2.30. The topological polar surface area (TPSA) is 47.4 Å². The Labute approximate surface area is 109 Å². The maximum Gasteiger partial charge on any atom is 0.272 e. The molecule has 0 radical (unpaired) electrons. The molecule has 1 fully saturated rings. The molecule has 1 amide bonds. The quantitative estimate of drug-likeness (QED) is 0.767. The molecule has 0 spiro atoms. The molecule has 0 bridgehead atoms. The van der Waals surface area contributed by atoms with Gasteiger partial charge in [-0.1, -0.05) is 15.9 Å². The fourth-order valence-corrected chi connectivity index (χ4v) is 2.32. The summed E-state index contributed by atoms with van der Waals surface area (Å²) < 4.78 is 7.21. The lowest BCUT2D eigenvalue weighted by Crippen LogP contribution is -2.51. The highest BCUT2D eigenvalue weighted by atomic mass is 79.9. The van der Waals surface area contributed by atoms with Crippen LogP contribution in [0.2, 0.25) is 0 Å². The van der Waals surface area contributed by atoms with Gasteiger partial charge in [-0.2, -0.15) is 5.10 Å². The number of alkyl halides is 1. The van der Waals surface area contributed by atoms with Crippen LogP contribution in [0.15, 0.2) is 12.3 Å². The molecule has 1 aromatic rings. The third-order valence-corrected chi connectivity index (χ3v) is 3.70. The van der Waals surface area contributed by atoms with Crippen LogP contribution in [0.3, 0.4) is 0 Å². The van der Waals surface area contributed by atoms with Gasteiger partial charge in [0.15, 0.2) is 0 Å². The molecule has 2 atom stereocenters. The van der Waals surface area contributed by atoms with Gasteiger partial charge in [0, 0.05) is 25.1 Å². The van der Waals surface area contributed by atoms with Crippen LogP contribution < -0.4 is 0 Å². The van der Waals surface area contributed by atoms with E-state index in [4.69, 9.17) is 4.74 Å². The Balaban J connectivity index is 2.15. The summed E-state index contributed by atoms with van der Waals surface area (Å²) in [6, 6.07) is 1.85. The predicted molar refractivity (Wildman–Crippen MR) is 67.2 cm³/mol. The van der Waals surface area contributed by atoms with Gasteiger partial charge in [0.1, 0.15) is 5.69 Å². The third kappa shape index (κ3) is 2.52. The molecule has 17 heavy (non-hydrogen) atoms. The molecule has 2 unspecified atom stereocenters. The Morgan fingerprint density at radius 2 is 2.47 bits per heavy atom. The lowest BCUT2D eigenvalue weighted by Gasteiger charge is -2.37. The molecule has 5 nitrogen and oxygen atoms in total. The van der Waals surface area contributed by atoms with Crippen molar-refractivity contribution in [1.82, 2.24) is 14.7 Å². The number of carbonyl (C=O) groups excluding carboxylic acids is 1. The molecule has 0 aliphatic carbocycles. The van der Waals surface area contributed by atoms with E-state index in [1.165, 1.54) is 0 Å². The van der Waals surface area contributed by atoms with Crippen LogP contribution >= 0.6 is 15.9 Å². The summed E-state index contributed by atoms with van der Waals surface area (Å²) in [4.78, 5) is 14.2. The minimum absolute atomic E-state index is 0.0201. The molecule has 1 aliphatic heterocycles. The van der Waals surface area contributed by atoms with Crippen LogP contribution in [-0.2, 0) is 11.8 Å². The second kappa shape index (κ2) is 5.18. The summed E-state index contributed by atoms with van der Waals surface area (Å²) in [5.41, 5.74) is 0.618. The molecule has 0 saturated carbocycles. The zero-order chi connectivity index (χ0) is 12.4. The smallest absolute Gasteiger partial charge is 0.272 e. The Morgan fingerprint density at radius 1 is 1.71 bits per heavy atom. The van der Waals surface area contributed by atoms with E-state index in [1.807, 2.05) is 11.8 Å². The second-order valence-corrected chi connectivity index (χ2v) is 4.90. The number of nitrogens with zero attached hydrogens (tertiary/aromatic N) is 3. The van der Waals surface area contributed by atoms with Crippen LogP contribution in [0.25, 0.3) is 0 Å². The molecule has 6 heteroatoms. The van der Waals surface area contributed by atoms with E-state index in [9.17, 15) is 4.79 Å². The number of rotatable bonds is 2. The van der Waals surface area contributed by atoms with E-state index >= 15 is 0 Å². The first kappa shape index (κ1) is 12.6. The van der Waals surface area contributed by atoms with E-state index in [0.29, 0.717) is 18.8 Å². The Kier molecular flexibility index (Phi) is 3.83. The van der Waals surface area contributed by atoms with Gasteiger partial charge in [-0.05, 0) is 13.0 Å². The van der Waals surface area contributed by atoms with Crippen LogP contribution in [0.1, 0.15) is 17.4 Å². The zero-order valence-electron chi connectivity index (χ0n) is 9.97. The first-order valence-electron chi connectivity index (χ1n) is 5.60. The van der Waals surface area contributed by atoms with E-state index in [2.05, 4.69) is 21.0 Å². The number of aromatic nitrogens is 2. The van der Waals surface area contributed by atoms with Crippen molar-refractivity contribution in [3.8, 4) is 0 Å². The van der Waals surface area contributed by atoms with Crippen molar-refractivity contribution >= 4 is 21.8 Å². The number of aryl methyl sites for hydroxylation is 1. The zero-order valence-corrected chi connectivity index (χ0v) is 11.6. The number of hydrogen-bond donors (Lipinski definition) is 0. The predicted octanol–water partition coefficient (Wildman–Crippen LogP) is 1.04. The van der Waals surface area contributed by atoms with Crippen molar-refractivity contribution < 1.29 is 9.53 Å². The van der Waals surface area contributed by atoms with Gasteiger partial charge >= 0.3 is 0 Å². The monoisotopic (exact) mass is 301 g/mol. The lowest BCUT2D eigenvalue weighted by atomic mass is 10.2. The Bertz CT molecular complexity index is 407.